The Morgan fingerprint density at radius 1 is 1.25 bits per heavy atom. The lowest BCUT2D eigenvalue weighted by Gasteiger charge is -2.10. The minimum Gasteiger partial charge on any atom is -0.406 e. The number of rotatable bonds is 3. The topological polar surface area (TPSA) is 69.0 Å². The van der Waals surface area contributed by atoms with E-state index in [1.807, 2.05) is 0 Å². The zero-order valence-electron chi connectivity index (χ0n) is 12.3. The molecule has 9 heteroatoms. The molecule has 3 rings (SSSR count). The Labute approximate surface area is 133 Å². The van der Waals surface area contributed by atoms with Crippen molar-refractivity contribution in [2.75, 3.05) is 5.32 Å². The van der Waals surface area contributed by atoms with Gasteiger partial charge in [0.1, 0.15) is 11.6 Å². The molecule has 0 saturated heterocycles. The maximum Gasteiger partial charge on any atom is 0.573 e. The molecule has 0 aliphatic heterocycles. The Morgan fingerprint density at radius 3 is 2.75 bits per heavy atom. The summed E-state index contributed by atoms with van der Waals surface area (Å²) in [4.78, 5) is 15.2. The molecule has 0 atom stereocenters. The number of hydrogen-bond acceptors (Lipinski definition) is 4. The molecule has 0 unspecified atom stereocenters. The number of anilines is 1. The van der Waals surface area contributed by atoms with Gasteiger partial charge in [0.15, 0.2) is 0 Å². The maximum atomic E-state index is 12.3. The minimum absolute atomic E-state index is 0.284. The van der Waals surface area contributed by atoms with Gasteiger partial charge in [-0.15, -0.1) is 13.2 Å². The Kier molecular flexibility index (Phi) is 3.84. The van der Waals surface area contributed by atoms with E-state index in [2.05, 4.69) is 20.1 Å². The van der Waals surface area contributed by atoms with Crippen LogP contribution in [0.25, 0.3) is 16.6 Å². The summed E-state index contributed by atoms with van der Waals surface area (Å²) < 4.78 is 42.4. The summed E-state index contributed by atoms with van der Waals surface area (Å²) in [7, 11) is 0. The predicted molar refractivity (Wildman–Crippen MR) is 79.9 cm³/mol. The van der Waals surface area contributed by atoms with E-state index in [9.17, 15) is 18.0 Å². The summed E-state index contributed by atoms with van der Waals surface area (Å²) in [6.07, 6.45) is -1.73. The molecule has 24 heavy (non-hydrogen) atoms. The Hall–Kier alpha value is -3.10. The van der Waals surface area contributed by atoms with E-state index >= 15 is 0 Å². The van der Waals surface area contributed by atoms with E-state index < -0.39 is 6.36 Å². The molecule has 1 N–H and O–H groups in total. The van der Waals surface area contributed by atoms with Gasteiger partial charge < -0.3 is 10.1 Å². The van der Waals surface area contributed by atoms with Gasteiger partial charge in [-0.1, -0.05) is 6.07 Å². The first-order valence-electron chi connectivity index (χ1n) is 6.79. The first-order chi connectivity index (χ1) is 11.3. The first-order valence-corrected chi connectivity index (χ1v) is 6.79. The Balaban J connectivity index is 2.02. The van der Waals surface area contributed by atoms with E-state index in [-0.39, 0.29) is 11.7 Å². The third-order valence-corrected chi connectivity index (χ3v) is 3.05. The van der Waals surface area contributed by atoms with Crippen molar-refractivity contribution in [3.05, 3.63) is 42.7 Å². The molecule has 0 radical (unpaired) electrons. The van der Waals surface area contributed by atoms with Crippen molar-refractivity contribution in [1.82, 2.24) is 14.8 Å². The van der Waals surface area contributed by atoms with E-state index in [4.69, 9.17) is 0 Å². The monoisotopic (exact) mass is 336 g/mol. The molecule has 3 aromatic rings. The van der Waals surface area contributed by atoms with Crippen LogP contribution in [0.1, 0.15) is 6.92 Å². The number of ether oxygens (including phenoxy) is 1. The largest absolute Gasteiger partial charge is 0.573 e. The molecule has 0 aliphatic rings. The van der Waals surface area contributed by atoms with Crippen LogP contribution in [0.2, 0.25) is 0 Å². The second-order valence-corrected chi connectivity index (χ2v) is 4.91. The van der Waals surface area contributed by atoms with Gasteiger partial charge in [-0.05, 0) is 12.1 Å². The summed E-state index contributed by atoms with van der Waals surface area (Å²) >= 11 is 0. The van der Waals surface area contributed by atoms with E-state index in [1.54, 1.807) is 12.1 Å². The number of carbonyl (C=O) groups is 1. The third kappa shape index (κ3) is 3.45. The van der Waals surface area contributed by atoms with Crippen LogP contribution in [-0.2, 0) is 4.79 Å². The van der Waals surface area contributed by atoms with Gasteiger partial charge in [-0.2, -0.15) is 5.10 Å². The molecular formula is C15H11F3N4O2. The number of alkyl halides is 3. The number of carbonyl (C=O) groups excluding carboxylic acids is 1. The molecule has 0 bridgehead atoms. The molecule has 2 heterocycles. The number of nitrogens with zero attached hydrogens (tertiary/aromatic N) is 3. The molecule has 124 valence electrons. The highest BCUT2D eigenvalue weighted by Crippen LogP contribution is 2.26. The lowest BCUT2D eigenvalue weighted by atomic mass is 10.3. The zero-order chi connectivity index (χ0) is 17.3. The van der Waals surface area contributed by atoms with Crippen molar-refractivity contribution in [1.29, 1.82) is 0 Å². The van der Waals surface area contributed by atoms with Gasteiger partial charge >= 0.3 is 6.36 Å². The Morgan fingerprint density at radius 2 is 2.04 bits per heavy atom. The van der Waals surface area contributed by atoms with Gasteiger partial charge in [0.05, 0.1) is 17.4 Å². The normalized spacial score (nSPS) is 11.5. The molecule has 6 nitrogen and oxygen atoms in total. The van der Waals surface area contributed by atoms with Crippen molar-refractivity contribution < 1.29 is 22.7 Å². The van der Waals surface area contributed by atoms with E-state index in [0.717, 1.165) is 0 Å². The van der Waals surface area contributed by atoms with Gasteiger partial charge in [-0.25, -0.2) is 9.67 Å². The zero-order valence-corrected chi connectivity index (χ0v) is 12.3. The molecule has 1 aromatic carbocycles. The van der Waals surface area contributed by atoms with Crippen LogP contribution in [-0.4, -0.2) is 27.0 Å². The van der Waals surface area contributed by atoms with Crippen LogP contribution in [0.3, 0.4) is 0 Å². The number of halogens is 3. The minimum atomic E-state index is -4.77. The second kappa shape index (κ2) is 5.84. The van der Waals surface area contributed by atoms with Crippen molar-refractivity contribution in [3.63, 3.8) is 0 Å². The van der Waals surface area contributed by atoms with Crippen LogP contribution in [0.4, 0.5) is 19.0 Å². The summed E-state index contributed by atoms with van der Waals surface area (Å²) in [5.74, 6) is -0.312. The SMILES string of the molecule is CC(=O)Nc1cc2c(cn1)cnn2-c1cccc(OC(F)(F)F)c1. The summed E-state index contributed by atoms with van der Waals surface area (Å²) in [5.41, 5.74) is 0.963. The van der Waals surface area contributed by atoms with Crippen molar-refractivity contribution in [3.8, 4) is 11.4 Å². The van der Waals surface area contributed by atoms with Gasteiger partial charge in [0.2, 0.25) is 5.91 Å². The number of pyridine rings is 1. The van der Waals surface area contributed by atoms with Gasteiger partial charge in [-0.3, -0.25) is 4.79 Å². The molecule has 2 aromatic heterocycles. The fourth-order valence-electron chi connectivity index (χ4n) is 2.19. The van der Waals surface area contributed by atoms with Crippen molar-refractivity contribution in [2.24, 2.45) is 0 Å². The van der Waals surface area contributed by atoms with Crippen molar-refractivity contribution >= 4 is 22.6 Å². The number of benzene rings is 1. The highest BCUT2D eigenvalue weighted by molar-refractivity contribution is 5.90. The van der Waals surface area contributed by atoms with Crippen molar-refractivity contribution in [2.45, 2.75) is 13.3 Å². The number of fused-ring (bicyclic) bond motifs is 1. The van der Waals surface area contributed by atoms with Crippen LogP contribution in [0, 0.1) is 0 Å². The highest BCUT2D eigenvalue weighted by atomic mass is 19.4. The lowest BCUT2D eigenvalue weighted by Crippen LogP contribution is -2.17. The fraction of sp³-hybridized carbons (Fsp3) is 0.133. The van der Waals surface area contributed by atoms with Crippen LogP contribution < -0.4 is 10.1 Å². The molecule has 1 amide bonds. The van der Waals surface area contributed by atoms with E-state index in [0.29, 0.717) is 22.4 Å². The second-order valence-electron chi connectivity index (χ2n) is 4.91. The average molecular weight is 336 g/mol. The van der Waals surface area contributed by atoms with Crippen LogP contribution in [0.5, 0.6) is 5.75 Å². The summed E-state index contributed by atoms with van der Waals surface area (Å²) in [5, 5.41) is 7.37. The van der Waals surface area contributed by atoms with E-state index in [1.165, 1.54) is 42.2 Å². The standard InChI is InChI=1S/C15H11F3N4O2/c1-9(23)21-14-6-13-10(7-19-14)8-20-22(13)11-3-2-4-12(5-11)24-15(16,17)18/h2-8H,1H3,(H,19,21,23). The number of aromatic nitrogens is 3. The number of amides is 1. The van der Waals surface area contributed by atoms with Crippen LogP contribution in [0.15, 0.2) is 42.7 Å². The predicted octanol–water partition coefficient (Wildman–Crippen LogP) is 3.28. The third-order valence-electron chi connectivity index (χ3n) is 3.05. The molecule has 0 saturated carbocycles. The molecular weight excluding hydrogens is 325 g/mol. The lowest BCUT2D eigenvalue weighted by molar-refractivity contribution is -0.274. The molecule has 0 spiro atoms. The first kappa shape index (κ1) is 15.8. The average Bonchev–Trinajstić information content (AvgIpc) is 2.88. The number of hydrogen-bond donors (Lipinski definition) is 1. The summed E-state index contributed by atoms with van der Waals surface area (Å²) in [6.45, 7) is 1.35. The highest BCUT2D eigenvalue weighted by Gasteiger charge is 2.31. The molecule has 0 fully saturated rings. The number of nitrogens with one attached hydrogen (secondary N) is 1. The van der Waals surface area contributed by atoms with Gasteiger partial charge in [0, 0.05) is 30.6 Å². The quantitative estimate of drug-likeness (QED) is 0.797. The van der Waals surface area contributed by atoms with Crippen LogP contribution >= 0.6 is 0 Å². The summed E-state index contributed by atoms with van der Waals surface area (Å²) in [6, 6.07) is 7.03. The Bertz CT molecular complexity index is 905. The fourth-order valence-corrected chi connectivity index (χ4v) is 2.19. The van der Waals surface area contributed by atoms with Gasteiger partial charge in [0.25, 0.3) is 0 Å². The molecule has 0 aliphatic carbocycles. The maximum absolute atomic E-state index is 12.3. The smallest absolute Gasteiger partial charge is 0.406 e.